The number of rotatable bonds is 4. The van der Waals surface area contributed by atoms with E-state index in [1.165, 1.54) is 0 Å². The lowest BCUT2D eigenvalue weighted by Gasteiger charge is -2.26. The van der Waals surface area contributed by atoms with Crippen molar-refractivity contribution in [1.29, 1.82) is 0 Å². The van der Waals surface area contributed by atoms with Crippen molar-refractivity contribution in [2.24, 2.45) is 5.41 Å². The molecular formula is C18H24ClN3O3. The maximum absolute atomic E-state index is 12.9. The standard InChI is InChI=1S/C18H24ClN3O3/c1-25-13-12-22-11-8-18(17(22)24)6-3-9-21(10-7-18)16(23)14-4-2-5-15(19)20-14/h2,4-5H,3,6-13H2,1H3. The molecule has 2 fully saturated rings. The first-order valence-corrected chi connectivity index (χ1v) is 9.14. The molecule has 136 valence electrons. The zero-order valence-corrected chi connectivity index (χ0v) is 15.3. The second kappa shape index (κ2) is 7.70. The van der Waals surface area contributed by atoms with Crippen LogP contribution in [0, 0.1) is 5.41 Å². The van der Waals surface area contributed by atoms with Crippen molar-refractivity contribution in [3.8, 4) is 0 Å². The normalized spacial score (nSPS) is 24.0. The molecule has 25 heavy (non-hydrogen) atoms. The number of ether oxygens (including phenoxy) is 1. The quantitative estimate of drug-likeness (QED) is 0.767. The molecule has 0 bridgehead atoms. The van der Waals surface area contributed by atoms with Gasteiger partial charge in [0.25, 0.3) is 5.91 Å². The lowest BCUT2D eigenvalue weighted by atomic mass is 9.79. The van der Waals surface area contributed by atoms with Gasteiger partial charge in [0.2, 0.25) is 5.91 Å². The summed E-state index contributed by atoms with van der Waals surface area (Å²) in [5.74, 6) is 0.112. The third-order valence-electron chi connectivity index (χ3n) is 5.33. The van der Waals surface area contributed by atoms with Crippen LogP contribution in [0.5, 0.6) is 0 Å². The van der Waals surface area contributed by atoms with Crippen LogP contribution in [-0.2, 0) is 9.53 Å². The lowest BCUT2D eigenvalue weighted by Crippen LogP contribution is -2.38. The maximum Gasteiger partial charge on any atom is 0.272 e. The molecule has 0 aliphatic carbocycles. The van der Waals surface area contributed by atoms with E-state index in [9.17, 15) is 9.59 Å². The maximum atomic E-state index is 12.9. The summed E-state index contributed by atoms with van der Waals surface area (Å²) in [6, 6.07) is 5.07. The highest BCUT2D eigenvalue weighted by atomic mass is 35.5. The Morgan fingerprint density at radius 3 is 2.84 bits per heavy atom. The summed E-state index contributed by atoms with van der Waals surface area (Å²) in [5.41, 5.74) is 0.0489. The first-order chi connectivity index (χ1) is 12.1. The summed E-state index contributed by atoms with van der Waals surface area (Å²) in [4.78, 5) is 33.4. The number of nitrogens with zero attached hydrogens (tertiary/aromatic N) is 3. The van der Waals surface area contributed by atoms with E-state index >= 15 is 0 Å². The molecular weight excluding hydrogens is 342 g/mol. The molecule has 0 radical (unpaired) electrons. The van der Waals surface area contributed by atoms with E-state index < -0.39 is 0 Å². The lowest BCUT2D eigenvalue weighted by molar-refractivity contribution is -0.137. The fourth-order valence-electron chi connectivity index (χ4n) is 3.86. The van der Waals surface area contributed by atoms with Crippen LogP contribution in [-0.4, -0.2) is 66.5 Å². The third-order valence-corrected chi connectivity index (χ3v) is 5.54. The zero-order valence-electron chi connectivity index (χ0n) is 14.5. The molecule has 1 unspecified atom stereocenters. The summed E-state index contributed by atoms with van der Waals surface area (Å²) >= 11 is 5.89. The number of likely N-dealkylation sites (tertiary alicyclic amines) is 2. The van der Waals surface area contributed by atoms with E-state index in [4.69, 9.17) is 16.3 Å². The first kappa shape index (κ1) is 18.1. The molecule has 3 heterocycles. The Kier molecular flexibility index (Phi) is 5.59. The van der Waals surface area contributed by atoms with Crippen LogP contribution in [0.3, 0.4) is 0 Å². The second-order valence-electron chi connectivity index (χ2n) is 6.81. The summed E-state index contributed by atoms with van der Waals surface area (Å²) in [5, 5.41) is 0.317. The minimum Gasteiger partial charge on any atom is -0.383 e. The molecule has 1 aromatic heterocycles. The van der Waals surface area contributed by atoms with Gasteiger partial charge in [0.05, 0.1) is 12.0 Å². The number of pyridine rings is 1. The Hall–Kier alpha value is -1.66. The molecule has 6 nitrogen and oxygen atoms in total. The average molecular weight is 366 g/mol. The molecule has 2 aliphatic heterocycles. The Morgan fingerprint density at radius 1 is 1.28 bits per heavy atom. The van der Waals surface area contributed by atoms with Gasteiger partial charge < -0.3 is 14.5 Å². The fourth-order valence-corrected chi connectivity index (χ4v) is 4.02. The van der Waals surface area contributed by atoms with Crippen molar-refractivity contribution >= 4 is 23.4 Å². The Bertz CT molecular complexity index is 654. The number of halogens is 1. The largest absolute Gasteiger partial charge is 0.383 e. The number of hydrogen-bond acceptors (Lipinski definition) is 4. The number of carbonyl (C=O) groups excluding carboxylic acids is 2. The van der Waals surface area contributed by atoms with Crippen LogP contribution in [0.2, 0.25) is 5.15 Å². The van der Waals surface area contributed by atoms with E-state index in [0.29, 0.717) is 43.5 Å². The van der Waals surface area contributed by atoms with Crippen molar-refractivity contribution in [3.63, 3.8) is 0 Å². The molecule has 0 aromatic carbocycles. The van der Waals surface area contributed by atoms with Crippen LogP contribution < -0.4 is 0 Å². The molecule has 0 N–H and O–H groups in total. The van der Waals surface area contributed by atoms with Crippen molar-refractivity contribution < 1.29 is 14.3 Å². The smallest absolute Gasteiger partial charge is 0.272 e. The second-order valence-corrected chi connectivity index (χ2v) is 7.19. The van der Waals surface area contributed by atoms with Crippen molar-refractivity contribution in [2.45, 2.75) is 25.7 Å². The molecule has 1 aromatic rings. The number of aromatic nitrogens is 1. The Morgan fingerprint density at radius 2 is 2.08 bits per heavy atom. The third kappa shape index (κ3) is 3.80. The van der Waals surface area contributed by atoms with Crippen LogP contribution >= 0.6 is 11.6 Å². The van der Waals surface area contributed by atoms with E-state index in [2.05, 4.69) is 4.98 Å². The molecule has 3 rings (SSSR count). The van der Waals surface area contributed by atoms with Gasteiger partial charge in [0, 0.05) is 33.3 Å². The summed E-state index contributed by atoms with van der Waals surface area (Å²) in [7, 11) is 1.65. The van der Waals surface area contributed by atoms with E-state index in [0.717, 1.165) is 25.8 Å². The SMILES string of the molecule is COCCN1CCC2(CCCN(C(=O)c3cccc(Cl)n3)CC2)C1=O. The van der Waals surface area contributed by atoms with Crippen LogP contribution in [0.4, 0.5) is 0 Å². The highest BCUT2D eigenvalue weighted by Gasteiger charge is 2.47. The van der Waals surface area contributed by atoms with Gasteiger partial charge in [-0.05, 0) is 37.8 Å². The van der Waals surface area contributed by atoms with E-state index in [1.54, 1.807) is 30.2 Å². The van der Waals surface area contributed by atoms with Crippen LogP contribution in [0.25, 0.3) is 0 Å². The molecule has 1 atom stereocenters. The summed E-state index contributed by atoms with van der Waals surface area (Å²) < 4.78 is 5.10. The highest BCUT2D eigenvalue weighted by molar-refractivity contribution is 6.29. The summed E-state index contributed by atoms with van der Waals surface area (Å²) in [6.45, 7) is 3.22. The van der Waals surface area contributed by atoms with Crippen molar-refractivity contribution in [3.05, 3.63) is 29.0 Å². The topological polar surface area (TPSA) is 62.7 Å². The van der Waals surface area contributed by atoms with Gasteiger partial charge >= 0.3 is 0 Å². The summed E-state index contributed by atoms with van der Waals surface area (Å²) in [6.07, 6.45) is 3.24. The zero-order chi connectivity index (χ0) is 17.9. The first-order valence-electron chi connectivity index (χ1n) is 8.76. The monoisotopic (exact) mass is 365 g/mol. The van der Waals surface area contributed by atoms with Gasteiger partial charge in [-0.25, -0.2) is 4.98 Å². The minimum atomic E-state index is -0.315. The molecule has 2 saturated heterocycles. The Labute approximate surface area is 153 Å². The van der Waals surface area contributed by atoms with Gasteiger partial charge in [-0.15, -0.1) is 0 Å². The van der Waals surface area contributed by atoms with Gasteiger partial charge in [0.1, 0.15) is 10.8 Å². The predicted molar refractivity (Wildman–Crippen MR) is 94.5 cm³/mol. The molecule has 1 spiro atoms. The van der Waals surface area contributed by atoms with Crippen molar-refractivity contribution in [2.75, 3.05) is 39.9 Å². The number of carbonyl (C=O) groups is 2. The minimum absolute atomic E-state index is 0.110. The van der Waals surface area contributed by atoms with E-state index in [1.807, 2.05) is 4.90 Å². The highest BCUT2D eigenvalue weighted by Crippen LogP contribution is 2.41. The van der Waals surface area contributed by atoms with Gasteiger partial charge in [-0.3, -0.25) is 9.59 Å². The fraction of sp³-hybridized carbons (Fsp3) is 0.611. The average Bonchev–Trinajstić information content (AvgIpc) is 2.79. The van der Waals surface area contributed by atoms with E-state index in [-0.39, 0.29) is 17.2 Å². The molecule has 2 aliphatic rings. The molecule has 7 heteroatoms. The van der Waals surface area contributed by atoms with Gasteiger partial charge in [0.15, 0.2) is 0 Å². The molecule has 0 saturated carbocycles. The Balaban J connectivity index is 1.66. The number of amides is 2. The van der Waals surface area contributed by atoms with Crippen LogP contribution in [0.1, 0.15) is 36.2 Å². The van der Waals surface area contributed by atoms with Crippen LogP contribution in [0.15, 0.2) is 18.2 Å². The molecule has 2 amide bonds. The van der Waals surface area contributed by atoms with Gasteiger partial charge in [-0.1, -0.05) is 17.7 Å². The number of methoxy groups -OCH3 is 1. The number of hydrogen-bond donors (Lipinski definition) is 0. The van der Waals surface area contributed by atoms with Gasteiger partial charge in [-0.2, -0.15) is 0 Å². The van der Waals surface area contributed by atoms with Crippen molar-refractivity contribution in [1.82, 2.24) is 14.8 Å². The predicted octanol–water partition coefficient (Wildman–Crippen LogP) is 2.23.